The number of benzene rings is 1. The van der Waals surface area contributed by atoms with E-state index in [4.69, 9.17) is 4.84 Å². The van der Waals surface area contributed by atoms with Crippen LogP contribution in [0, 0.1) is 0 Å². The fourth-order valence-electron chi connectivity index (χ4n) is 3.45. The Bertz CT molecular complexity index is 676. The van der Waals surface area contributed by atoms with Crippen LogP contribution >= 0.6 is 0 Å². The smallest absolute Gasteiger partial charge is 0.145 e. The lowest BCUT2D eigenvalue weighted by atomic mass is 9.85. The molecule has 4 nitrogen and oxygen atoms in total. The van der Waals surface area contributed by atoms with Gasteiger partial charge in [-0.25, -0.2) is 0 Å². The Morgan fingerprint density at radius 1 is 1.00 bits per heavy atom. The summed E-state index contributed by atoms with van der Waals surface area (Å²) >= 11 is 0. The Morgan fingerprint density at radius 3 is 2.48 bits per heavy atom. The van der Waals surface area contributed by atoms with Gasteiger partial charge in [-0.05, 0) is 17.7 Å². The third-order valence-electron chi connectivity index (χ3n) is 4.87. The van der Waals surface area contributed by atoms with Gasteiger partial charge in [-0.1, -0.05) is 35.5 Å². The topological polar surface area (TPSA) is 37.7 Å². The Hall–Kier alpha value is -2.20. The molecular formula is C19H21N3O. The highest BCUT2D eigenvalue weighted by molar-refractivity contribution is 6.01. The maximum Gasteiger partial charge on any atom is 0.145 e. The van der Waals surface area contributed by atoms with Gasteiger partial charge in [-0.3, -0.25) is 9.88 Å². The van der Waals surface area contributed by atoms with Crippen LogP contribution in [-0.2, 0) is 11.4 Å². The molecule has 0 aliphatic carbocycles. The average Bonchev–Trinajstić information content (AvgIpc) is 3.03. The molecule has 4 rings (SSSR count). The van der Waals surface area contributed by atoms with Crippen molar-refractivity contribution in [1.29, 1.82) is 0 Å². The number of oxime groups is 1. The molecule has 2 aromatic rings. The highest BCUT2D eigenvalue weighted by Gasteiger charge is 2.42. The molecule has 2 aliphatic heterocycles. The number of hydrogen-bond acceptors (Lipinski definition) is 4. The number of hydrogen-bond donors (Lipinski definition) is 0. The molecule has 118 valence electrons. The summed E-state index contributed by atoms with van der Waals surface area (Å²) in [5.74, 6) is 0. The predicted octanol–water partition coefficient (Wildman–Crippen LogP) is 3.24. The summed E-state index contributed by atoms with van der Waals surface area (Å²) in [5.41, 5.74) is 3.48. The quantitative estimate of drug-likeness (QED) is 0.873. The lowest BCUT2D eigenvalue weighted by Gasteiger charge is -2.37. The number of pyridine rings is 1. The second-order valence-corrected chi connectivity index (χ2v) is 6.49. The first-order valence-corrected chi connectivity index (χ1v) is 8.25. The molecular weight excluding hydrogens is 286 g/mol. The van der Waals surface area contributed by atoms with Crippen LogP contribution in [0.2, 0.25) is 0 Å². The lowest BCUT2D eigenvalue weighted by Crippen LogP contribution is -2.44. The van der Waals surface area contributed by atoms with Crippen LogP contribution in [-0.4, -0.2) is 34.3 Å². The Morgan fingerprint density at radius 2 is 1.74 bits per heavy atom. The Labute approximate surface area is 136 Å². The minimum atomic E-state index is -0.0915. The standard InChI is InChI=1S/C19H21N3O/c1-2-4-16(5-3-1)15-22-12-8-19(9-13-22)14-18(21-23-19)17-6-10-20-11-7-17/h1-7,10-11H,8-9,12-15H2. The first-order chi connectivity index (χ1) is 11.3. The second-order valence-electron chi connectivity index (χ2n) is 6.49. The largest absolute Gasteiger partial charge is 0.388 e. The van der Waals surface area contributed by atoms with Gasteiger partial charge in [0.05, 0.1) is 5.71 Å². The number of piperidine rings is 1. The average molecular weight is 307 g/mol. The van der Waals surface area contributed by atoms with E-state index >= 15 is 0 Å². The molecule has 1 aromatic heterocycles. The van der Waals surface area contributed by atoms with E-state index in [1.54, 1.807) is 0 Å². The van der Waals surface area contributed by atoms with Crippen molar-refractivity contribution in [3.63, 3.8) is 0 Å². The van der Waals surface area contributed by atoms with E-state index in [9.17, 15) is 0 Å². The van der Waals surface area contributed by atoms with Gasteiger partial charge in [0.1, 0.15) is 5.60 Å². The van der Waals surface area contributed by atoms with E-state index in [1.807, 2.05) is 24.5 Å². The Kier molecular flexibility index (Phi) is 3.83. The van der Waals surface area contributed by atoms with Crippen molar-refractivity contribution < 1.29 is 4.84 Å². The number of likely N-dealkylation sites (tertiary alicyclic amines) is 1. The fraction of sp³-hybridized carbons (Fsp3) is 0.368. The molecule has 0 N–H and O–H groups in total. The third kappa shape index (κ3) is 3.13. The van der Waals surface area contributed by atoms with Crippen molar-refractivity contribution in [2.24, 2.45) is 5.16 Å². The van der Waals surface area contributed by atoms with Gasteiger partial charge < -0.3 is 4.84 Å². The third-order valence-corrected chi connectivity index (χ3v) is 4.87. The predicted molar refractivity (Wildman–Crippen MR) is 90.2 cm³/mol. The normalized spacial score (nSPS) is 20.3. The first-order valence-electron chi connectivity index (χ1n) is 8.25. The lowest BCUT2D eigenvalue weighted by molar-refractivity contribution is -0.0627. The van der Waals surface area contributed by atoms with E-state index in [1.165, 1.54) is 5.56 Å². The summed E-state index contributed by atoms with van der Waals surface area (Å²) in [7, 11) is 0. The van der Waals surface area contributed by atoms with Crippen molar-refractivity contribution in [3.8, 4) is 0 Å². The van der Waals surface area contributed by atoms with Crippen LogP contribution in [0.5, 0.6) is 0 Å². The summed E-state index contributed by atoms with van der Waals surface area (Å²) in [6.45, 7) is 3.15. The molecule has 0 bridgehead atoms. The van der Waals surface area contributed by atoms with Crippen LogP contribution in [0.15, 0.2) is 60.0 Å². The summed E-state index contributed by atoms with van der Waals surface area (Å²) < 4.78 is 0. The summed E-state index contributed by atoms with van der Waals surface area (Å²) in [6, 6.07) is 14.7. The van der Waals surface area contributed by atoms with E-state index in [0.29, 0.717) is 0 Å². The molecule has 2 aliphatic rings. The van der Waals surface area contributed by atoms with Crippen molar-refractivity contribution in [1.82, 2.24) is 9.88 Å². The van der Waals surface area contributed by atoms with Gasteiger partial charge in [-0.2, -0.15) is 0 Å². The van der Waals surface area contributed by atoms with E-state index in [0.717, 1.165) is 50.2 Å². The van der Waals surface area contributed by atoms with Gasteiger partial charge >= 0.3 is 0 Å². The molecule has 3 heterocycles. The molecule has 0 unspecified atom stereocenters. The molecule has 1 fully saturated rings. The van der Waals surface area contributed by atoms with Crippen molar-refractivity contribution in [2.45, 2.75) is 31.4 Å². The zero-order chi connectivity index (χ0) is 15.5. The molecule has 4 heteroatoms. The number of aromatic nitrogens is 1. The van der Waals surface area contributed by atoms with Crippen LogP contribution < -0.4 is 0 Å². The minimum Gasteiger partial charge on any atom is -0.388 e. The Balaban J connectivity index is 1.35. The SMILES string of the molecule is c1ccc(CN2CCC3(CC2)CC(c2ccncc2)=NO3)cc1. The molecule has 1 saturated heterocycles. The summed E-state index contributed by atoms with van der Waals surface area (Å²) in [4.78, 5) is 12.5. The molecule has 0 amide bonds. The van der Waals surface area contributed by atoms with Crippen molar-refractivity contribution >= 4 is 5.71 Å². The van der Waals surface area contributed by atoms with Crippen molar-refractivity contribution in [3.05, 3.63) is 66.0 Å². The monoisotopic (exact) mass is 307 g/mol. The molecule has 0 saturated carbocycles. The molecule has 0 atom stereocenters. The van der Waals surface area contributed by atoms with E-state index < -0.39 is 0 Å². The number of rotatable bonds is 3. The minimum absolute atomic E-state index is 0.0915. The van der Waals surface area contributed by atoms with Crippen molar-refractivity contribution in [2.75, 3.05) is 13.1 Å². The molecule has 1 spiro atoms. The van der Waals surface area contributed by atoms with Gasteiger partial charge in [-0.15, -0.1) is 0 Å². The van der Waals surface area contributed by atoms with Crippen LogP contribution in [0.25, 0.3) is 0 Å². The van der Waals surface area contributed by atoms with E-state index in [2.05, 4.69) is 45.4 Å². The van der Waals surface area contributed by atoms with Crippen LogP contribution in [0.3, 0.4) is 0 Å². The zero-order valence-electron chi connectivity index (χ0n) is 13.2. The number of nitrogens with zero attached hydrogens (tertiary/aromatic N) is 3. The molecule has 23 heavy (non-hydrogen) atoms. The van der Waals surface area contributed by atoms with Crippen LogP contribution in [0.4, 0.5) is 0 Å². The van der Waals surface area contributed by atoms with Gasteiger partial charge in [0.15, 0.2) is 0 Å². The maximum atomic E-state index is 5.89. The first kappa shape index (κ1) is 14.4. The fourth-order valence-corrected chi connectivity index (χ4v) is 3.45. The van der Waals surface area contributed by atoms with Gasteiger partial charge in [0.25, 0.3) is 0 Å². The molecule has 0 radical (unpaired) electrons. The highest BCUT2D eigenvalue weighted by atomic mass is 16.7. The maximum absolute atomic E-state index is 5.89. The van der Waals surface area contributed by atoms with Gasteiger partial charge in [0.2, 0.25) is 0 Å². The zero-order valence-corrected chi connectivity index (χ0v) is 13.2. The van der Waals surface area contributed by atoms with Crippen LogP contribution in [0.1, 0.15) is 30.4 Å². The van der Waals surface area contributed by atoms with Gasteiger partial charge in [0, 0.05) is 56.9 Å². The summed E-state index contributed by atoms with van der Waals surface area (Å²) in [6.07, 6.45) is 6.61. The van der Waals surface area contributed by atoms with E-state index in [-0.39, 0.29) is 5.60 Å². The highest BCUT2D eigenvalue weighted by Crippen LogP contribution is 2.36. The summed E-state index contributed by atoms with van der Waals surface area (Å²) in [5, 5.41) is 4.36. The second kappa shape index (κ2) is 6.13. The molecule has 1 aromatic carbocycles.